The van der Waals surface area contributed by atoms with Crippen molar-refractivity contribution in [2.24, 2.45) is 0 Å². The molecule has 0 atom stereocenters. The molecule has 0 unspecified atom stereocenters. The first kappa shape index (κ1) is 15.2. The molecule has 2 aromatic heterocycles. The largest absolute Gasteiger partial charge is 0.253 e. The van der Waals surface area contributed by atoms with Crippen molar-refractivity contribution in [3.8, 4) is 11.3 Å². The summed E-state index contributed by atoms with van der Waals surface area (Å²) in [5.74, 6) is 0. The number of hydrogen-bond acceptors (Lipinski definition) is 2. The molecule has 4 heteroatoms. The fraction of sp³-hybridized carbons (Fsp3) is 0.400. The third kappa shape index (κ3) is 4.40. The molecule has 0 N–H and O–H groups in total. The van der Waals surface area contributed by atoms with Crippen molar-refractivity contribution in [1.82, 2.24) is 4.98 Å². The number of aryl methyl sites for hydroxylation is 1. The number of nitrogens with zero attached hydrogens (tertiary/aromatic N) is 1. The van der Waals surface area contributed by atoms with E-state index >= 15 is 0 Å². The molecule has 102 valence electrons. The zero-order valence-electron chi connectivity index (χ0n) is 11.0. The first-order chi connectivity index (χ1) is 9.20. The smallest absolute Gasteiger partial charge is 0.0804 e. The molecule has 1 nitrogen and oxygen atoms in total. The van der Waals surface area contributed by atoms with Crippen molar-refractivity contribution in [2.75, 3.05) is 0 Å². The summed E-state index contributed by atoms with van der Waals surface area (Å²) in [5, 5.41) is 0. The van der Waals surface area contributed by atoms with E-state index in [0.29, 0.717) is 0 Å². The fourth-order valence-electron chi connectivity index (χ4n) is 2.02. The Morgan fingerprint density at radius 1 is 1.16 bits per heavy atom. The Kier molecular flexibility index (Phi) is 6.05. The molecule has 2 aromatic rings. The molecule has 19 heavy (non-hydrogen) atoms. The molecular formula is C15H17Br2NS. The molecule has 0 bridgehead atoms. The van der Waals surface area contributed by atoms with Gasteiger partial charge in [0.15, 0.2) is 0 Å². The van der Waals surface area contributed by atoms with Gasteiger partial charge < -0.3 is 0 Å². The molecule has 0 aliphatic rings. The van der Waals surface area contributed by atoms with Gasteiger partial charge in [-0.3, -0.25) is 4.98 Å². The van der Waals surface area contributed by atoms with E-state index < -0.39 is 0 Å². The van der Waals surface area contributed by atoms with Crippen molar-refractivity contribution in [2.45, 2.75) is 39.0 Å². The fourth-order valence-corrected chi connectivity index (χ4v) is 4.84. The van der Waals surface area contributed by atoms with Crippen LogP contribution in [0.4, 0.5) is 0 Å². The summed E-state index contributed by atoms with van der Waals surface area (Å²) in [7, 11) is 0. The minimum Gasteiger partial charge on any atom is -0.253 e. The lowest BCUT2D eigenvalue weighted by Gasteiger charge is -2.04. The normalized spacial score (nSPS) is 10.9. The lowest BCUT2D eigenvalue weighted by molar-refractivity contribution is 0.661. The zero-order chi connectivity index (χ0) is 13.7. The first-order valence-electron chi connectivity index (χ1n) is 6.62. The topological polar surface area (TPSA) is 12.9 Å². The second-order valence-electron chi connectivity index (χ2n) is 4.56. The van der Waals surface area contributed by atoms with Crippen LogP contribution in [0.3, 0.4) is 0 Å². The average Bonchev–Trinajstić information content (AvgIpc) is 2.74. The lowest BCUT2D eigenvalue weighted by atomic mass is 10.1. The summed E-state index contributed by atoms with van der Waals surface area (Å²) in [4.78, 5) is 4.77. The minimum absolute atomic E-state index is 1.06. The maximum Gasteiger partial charge on any atom is 0.0804 e. The Hall–Kier alpha value is -0.190. The SMILES string of the molecule is CCCCCCc1cccc(-c2cc(Br)sc2Br)n1. The molecule has 0 amide bonds. The first-order valence-corrected chi connectivity index (χ1v) is 9.02. The van der Waals surface area contributed by atoms with Crippen molar-refractivity contribution in [3.05, 3.63) is 37.5 Å². The Morgan fingerprint density at radius 2 is 2.00 bits per heavy atom. The Labute approximate surface area is 135 Å². The van der Waals surface area contributed by atoms with Crippen LogP contribution in [0.1, 0.15) is 38.3 Å². The molecule has 0 aromatic carbocycles. The van der Waals surface area contributed by atoms with Gasteiger partial charge in [0, 0.05) is 11.3 Å². The monoisotopic (exact) mass is 401 g/mol. The maximum atomic E-state index is 4.77. The highest BCUT2D eigenvalue weighted by Crippen LogP contribution is 2.37. The number of thiophene rings is 1. The molecule has 2 rings (SSSR count). The minimum atomic E-state index is 1.06. The summed E-state index contributed by atoms with van der Waals surface area (Å²) in [6.45, 7) is 2.24. The standard InChI is InChI=1S/C15H17Br2NS/c1-2-3-4-5-7-11-8-6-9-13(18-11)12-10-14(16)19-15(12)17/h6,8-10H,2-5,7H2,1H3. The van der Waals surface area contributed by atoms with Gasteiger partial charge in [0.05, 0.1) is 13.3 Å². The van der Waals surface area contributed by atoms with E-state index in [1.807, 2.05) is 0 Å². The van der Waals surface area contributed by atoms with Crippen LogP contribution >= 0.6 is 43.2 Å². The van der Waals surface area contributed by atoms with Gasteiger partial charge in [-0.15, -0.1) is 11.3 Å². The molecule has 0 radical (unpaired) electrons. The summed E-state index contributed by atoms with van der Waals surface area (Å²) in [6.07, 6.45) is 6.22. The van der Waals surface area contributed by atoms with Crippen LogP contribution in [0.2, 0.25) is 0 Å². The Bertz CT molecular complexity index is 537. The van der Waals surface area contributed by atoms with Gasteiger partial charge >= 0.3 is 0 Å². The van der Waals surface area contributed by atoms with E-state index in [2.05, 4.69) is 63.0 Å². The van der Waals surface area contributed by atoms with Crippen molar-refractivity contribution < 1.29 is 0 Å². The number of pyridine rings is 1. The number of unbranched alkanes of at least 4 members (excludes halogenated alkanes) is 3. The highest BCUT2D eigenvalue weighted by atomic mass is 79.9. The molecule has 0 aliphatic carbocycles. The molecular weight excluding hydrogens is 386 g/mol. The molecule has 0 saturated carbocycles. The quantitative estimate of drug-likeness (QED) is 0.505. The molecule has 0 aliphatic heterocycles. The van der Waals surface area contributed by atoms with E-state index in [9.17, 15) is 0 Å². The van der Waals surface area contributed by atoms with Gasteiger partial charge in [-0.1, -0.05) is 32.3 Å². The van der Waals surface area contributed by atoms with Gasteiger partial charge in [0.25, 0.3) is 0 Å². The van der Waals surface area contributed by atoms with Crippen molar-refractivity contribution >= 4 is 43.2 Å². The zero-order valence-corrected chi connectivity index (χ0v) is 14.9. The highest BCUT2D eigenvalue weighted by Gasteiger charge is 2.09. The van der Waals surface area contributed by atoms with Crippen LogP contribution in [0, 0.1) is 0 Å². The van der Waals surface area contributed by atoms with Crippen LogP contribution in [0.25, 0.3) is 11.3 Å². The second kappa shape index (κ2) is 7.55. The van der Waals surface area contributed by atoms with Gasteiger partial charge in [-0.2, -0.15) is 0 Å². The highest BCUT2D eigenvalue weighted by molar-refractivity contribution is 9.12. The maximum absolute atomic E-state index is 4.77. The summed E-state index contributed by atoms with van der Waals surface area (Å²) in [6, 6.07) is 8.44. The third-order valence-electron chi connectivity index (χ3n) is 3.03. The van der Waals surface area contributed by atoms with Crippen LogP contribution in [0.15, 0.2) is 31.8 Å². The van der Waals surface area contributed by atoms with Crippen molar-refractivity contribution in [3.63, 3.8) is 0 Å². The van der Waals surface area contributed by atoms with Gasteiger partial charge in [0.2, 0.25) is 0 Å². The van der Waals surface area contributed by atoms with Crippen LogP contribution in [0.5, 0.6) is 0 Å². The van der Waals surface area contributed by atoms with E-state index in [0.717, 1.165) is 19.7 Å². The Morgan fingerprint density at radius 3 is 2.68 bits per heavy atom. The van der Waals surface area contributed by atoms with Gasteiger partial charge in [-0.25, -0.2) is 0 Å². The van der Waals surface area contributed by atoms with E-state index in [1.165, 1.54) is 36.9 Å². The molecule has 0 fully saturated rings. The van der Waals surface area contributed by atoms with E-state index in [4.69, 9.17) is 4.98 Å². The lowest BCUT2D eigenvalue weighted by Crippen LogP contribution is -1.92. The van der Waals surface area contributed by atoms with Gasteiger partial charge in [-0.05, 0) is 62.9 Å². The molecule has 0 saturated heterocycles. The van der Waals surface area contributed by atoms with Crippen LogP contribution in [-0.4, -0.2) is 4.98 Å². The van der Waals surface area contributed by atoms with E-state index in [1.54, 1.807) is 11.3 Å². The Balaban J connectivity index is 2.09. The molecule has 0 spiro atoms. The predicted octanol–water partition coefficient (Wildman–Crippen LogP) is 6.46. The predicted molar refractivity (Wildman–Crippen MR) is 90.8 cm³/mol. The molecule has 2 heterocycles. The number of rotatable bonds is 6. The van der Waals surface area contributed by atoms with Gasteiger partial charge in [0.1, 0.15) is 0 Å². The van der Waals surface area contributed by atoms with Crippen LogP contribution < -0.4 is 0 Å². The van der Waals surface area contributed by atoms with E-state index in [-0.39, 0.29) is 0 Å². The van der Waals surface area contributed by atoms with Crippen LogP contribution in [-0.2, 0) is 6.42 Å². The average molecular weight is 403 g/mol. The summed E-state index contributed by atoms with van der Waals surface area (Å²) >= 11 is 8.81. The number of hydrogen-bond donors (Lipinski definition) is 0. The summed E-state index contributed by atoms with van der Waals surface area (Å²) in [5.41, 5.74) is 3.43. The number of halogens is 2. The third-order valence-corrected chi connectivity index (χ3v) is 5.37. The summed E-state index contributed by atoms with van der Waals surface area (Å²) < 4.78 is 2.26. The number of aromatic nitrogens is 1. The second-order valence-corrected chi connectivity index (χ2v) is 8.31. The van der Waals surface area contributed by atoms with Crippen molar-refractivity contribution in [1.29, 1.82) is 0 Å².